The van der Waals surface area contributed by atoms with Crippen molar-refractivity contribution in [2.45, 2.75) is 24.0 Å². The van der Waals surface area contributed by atoms with Gasteiger partial charge in [-0.2, -0.15) is 0 Å². The van der Waals surface area contributed by atoms with Crippen LogP contribution in [-0.2, 0) is 32.1 Å². The summed E-state index contributed by atoms with van der Waals surface area (Å²) in [6, 6.07) is 27.4. The molecule has 1 atom stereocenters. The smallest absolute Gasteiger partial charge is 0.407 e. The molecule has 0 unspecified atom stereocenters. The Morgan fingerprint density at radius 3 is 2.03 bits per heavy atom. The molecule has 182 valence electrons. The lowest BCUT2D eigenvalue weighted by molar-refractivity contribution is -0.151. The monoisotopic (exact) mass is 492 g/mol. The van der Waals surface area contributed by atoms with E-state index in [1.807, 2.05) is 91.0 Å². The maximum absolute atomic E-state index is 13.2. The van der Waals surface area contributed by atoms with Gasteiger partial charge < -0.3 is 19.7 Å². The van der Waals surface area contributed by atoms with Gasteiger partial charge in [0.2, 0.25) is 5.91 Å². The molecule has 2 amide bonds. The summed E-state index contributed by atoms with van der Waals surface area (Å²) in [5.74, 6) is -0.741. The zero-order valence-corrected chi connectivity index (χ0v) is 20.3. The average Bonchev–Trinajstić information content (AvgIpc) is 2.91. The summed E-state index contributed by atoms with van der Waals surface area (Å²) < 4.78 is 10.2. The van der Waals surface area contributed by atoms with Gasteiger partial charge in [-0.25, -0.2) is 9.59 Å². The molecule has 1 N–H and O–H groups in total. The number of carbonyl (C=O) groups is 3. The highest BCUT2D eigenvalue weighted by atomic mass is 32.2. The maximum atomic E-state index is 13.2. The van der Waals surface area contributed by atoms with Crippen molar-refractivity contribution in [3.63, 3.8) is 0 Å². The molecular formula is C27H28N2O5S. The number of hydrogen-bond donors (Lipinski definition) is 1. The van der Waals surface area contributed by atoms with Gasteiger partial charge in [-0.3, -0.25) is 4.79 Å². The van der Waals surface area contributed by atoms with Crippen LogP contribution in [0.3, 0.4) is 0 Å². The highest BCUT2D eigenvalue weighted by molar-refractivity contribution is 7.99. The number of nitrogens with one attached hydrogen (secondary N) is 1. The number of carbonyl (C=O) groups excluding carboxylic acids is 3. The minimum absolute atomic E-state index is 0.0905. The Labute approximate surface area is 209 Å². The van der Waals surface area contributed by atoms with Crippen LogP contribution in [0.2, 0.25) is 0 Å². The molecule has 0 aliphatic carbocycles. The number of amides is 2. The summed E-state index contributed by atoms with van der Waals surface area (Å²) in [5.41, 5.74) is 1.73. The van der Waals surface area contributed by atoms with Gasteiger partial charge in [0.25, 0.3) is 0 Å². The van der Waals surface area contributed by atoms with Crippen molar-refractivity contribution < 1.29 is 23.9 Å². The number of hydrogen-bond acceptors (Lipinski definition) is 6. The van der Waals surface area contributed by atoms with E-state index < -0.39 is 24.0 Å². The normalized spacial score (nSPS) is 11.2. The zero-order chi connectivity index (χ0) is 24.9. The summed E-state index contributed by atoms with van der Waals surface area (Å²) >= 11 is 1.42. The van der Waals surface area contributed by atoms with Crippen LogP contribution < -0.4 is 5.32 Å². The summed E-state index contributed by atoms with van der Waals surface area (Å²) in [6.07, 6.45) is -0.428. The molecular weight excluding hydrogens is 464 g/mol. The molecule has 0 aliphatic heterocycles. The molecule has 0 radical (unpaired) electrons. The number of benzene rings is 3. The second-order valence-corrected chi connectivity index (χ2v) is 8.61. The molecule has 8 heteroatoms. The molecule has 0 bridgehead atoms. The number of nitrogens with zero attached hydrogens (tertiary/aromatic N) is 1. The summed E-state index contributed by atoms with van der Waals surface area (Å²) in [6.45, 7) is -0.224. The summed E-state index contributed by atoms with van der Waals surface area (Å²) in [4.78, 5) is 40.5. The largest absolute Gasteiger partial charge is 0.467 e. The topological polar surface area (TPSA) is 84.9 Å². The quantitative estimate of drug-likeness (QED) is 0.244. The van der Waals surface area contributed by atoms with Gasteiger partial charge in [0.15, 0.2) is 0 Å². The van der Waals surface area contributed by atoms with Gasteiger partial charge >= 0.3 is 12.1 Å². The summed E-state index contributed by atoms with van der Waals surface area (Å²) in [7, 11) is 1.30. The molecule has 3 rings (SSSR count). The molecule has 0 saturated heterocycles. The fourth-order valence-electron chi connectivity index (χ4n) is 3.31. The van der Waals surface area contributed by atoms with Crippen molar-refractivity contribution in [1.82, 2.24) is 10.2 Å². The lowest BCUT2D eigenvalue weighted by atomic mass is 10.0. The lowest BCUT2D eigenvalue weighted by Crippen LogP contribution is -2.50. The number of rotatable bonds is 11. The van der Waals surface area contributed by atoms with Crippen LogP contribution >= 0.6 is 11.8 Å². The van der Waals surface area contributed by atoms with Crippen LogP contribution in [0.15, 0.2) is 95.9 Å². The molecule has 0 aromatic heterocycles. The molecule has 7 nitrogen and oxygen atoms in total. The second-order valence-electron chi connectivity index (χ2n) is 7.59. The third-order valence-electron chi connectivity index (χ3n) is 5.15. The maximum Gasteiger partial charge on any atom is 0.407 e. The minimum Gasteiger partial charge on any atom is -0.467 e. The first-order valence-corrected chi connectivity index (χ1v) is 12.1. The molecule has 0 fully saturated rings. The Balaban J connectivity index is 1.69. The third-order valence-corrected chi connectivity index (χ3v) is 6.16. The first kappa shape index (κ1) is 25.8. The van der Waals surface area contributed by atoms with Crippen molar-refractivity contribution in [3.05, 3.63) is 102 Å². The third kappa shape index (κ3) is 8.50. The number of ether oxygens (including phenoxy) is 2. The van der Waals surface area contributed by atoms with Crippen molar-refractivity contribution in [2.75, 3.05) is 19.5 Å². The van der Waals surface area contributed by atoms with Crippen molar-refractivity contribution in [2.24, 2.45) is 0 Å². The Bertz CT molecular complexity index is 1080. The Morgan fingerprint density at radius 2 is 1.43 bits per heavy atom. The first-order chi connectivity index (χ1) is 17.1. The number of alkyl carbamates (subject to hydrolysis) is 1. The van der Waals surface area contributed by atoms with E-state index in [9.17, 15) is 14.4 Å². The van der Waals surface area contributed by atoms with Crippen LogP contribution in [0.4, 0.5) is 4.79 Å². The predicted octanol–water partition coefficient (Wildman–Crippen LogP) is 4.28. The SMILES string of the molecule is COC(=O)[C@H](Cc1ccccc1)N(CSc1ccccc1)C(=O)CNC(=O)OCc1ccccc1. The van der Waals surface area contributed by atoms with E-state index >= 15 is 0 Å². The van der Waals surface area contributed by atoms with Gasteiger partial charge in [0.1, 0.15) is 19.2 Å². The molecule has 3 aromatic carbocycles. The van der Waals surface area contributed by atoms with E-state index in [1.165, 1.54) is 23.8 Å². The fraction of sp³-hybridized carbons (Fsp3) is 0.222. The Kier molecular flexibility index (Phi) is 10.2. The van der Waals surface area contributed by atoms with E-state index in [4.69, 9.17) is 9.47 Å². The number of thioether (sulfide) groups is 1. The highest BCUT2D eigenvalue weighted by Gasteiger charge is 2.31. The van der Waals surface area contributed by atoms with E-state index in [-0.39, 0.29) is 25.4 Å². The van der Waals surface area contributed by atoms with Crippen LogP contribution in [0.25, 0.3) is 0 Å². The van der Waals surface area contributed by atoms with Crippen molar-refractivity contribution in [1.29, 1.82) is 0 Å². The molecule has 0 spiro atoms. The van der Waals surface area contributed by atoms with Crippen LogP contribution in [0, 0.1) is 0 Å². The minimum atomic E-state index is -0.853. The molecule has 3 aromatic rings. The molecule has 0 aliphatic rings. The van der Waals surface area contributed by atoms with E-state index in [0.29, 0.717) is 0 Å². The van der Waals surface area contributed by atoms with Gasteiger partial charge in [-0.15, -0.1) is 11.8 Å². The highest BCUT2D eigenvalue weighted by Crippen LogP contribution is 2.21. The van der Waals surface area contributed by atoms with Gasteiger partial charge in [-0.05, 0) is 23.3 Å². The predicted molar refractivity (Wildman–Crippen MR) is 135 cm³/mol. The second kappa shape index (κ2) is 13.8. The molecule has 35 heavy (non-hydrogen) atoms. The van der Waals surface area contributed by atoms with Crippen molar-refractivity contribution in [3.8, 4) is 0 Å². The molecule has 0 heterocycles. The van der Waals surface area contributed by atoms with Crippen LogP contribution in [0.5, 0.6) is 0 Å². The van der Waals surface area contributed by atoms with Crippen molar-refractivity contribution >= 4 is 29.7 Å². The van der Waals surface area contributed by atoms with Gasteiger partial charge in [0.05, 0.1) is 13.0 Å². The Morgan fingerprint density at radius 1 is 0.857 bits per heavy atom. The van der Waals surface area contributed by atoms with E-state index in [1.54, 1.807) is 0 Å². The lowest BCUT2D eigenvalue weighted by Gasteiger charge is -2.30. The van der Waals surface area contributed by atoms with Gasteiger partial charge in [-0.1, -0.05) is 78.9 Å². The van der Waals surface area contributed by atoms with Crippen LogP contribution in [0.1, 0.15) is 11.1 Å². The number of methoxy groups -OCH3 is 1. The van der Waals surface area contributed by atoms with E-state index in [0.717, 1.165) is 16.0 Å². The average molecular weight is 493 g/mol. The number of esters is 1. The van der Waals surface area contributed by atoms with Crippen LogP contribution in [-0.4, -0.2) is 48.4 Å². The fourth-order valence-corrected chi connectivity index (χ4v) is 4.28. The molecule has 0 saturated carbocycles. The zero-order valence-electron chi connectivity index (χ0n) is 19.5. The van der Waals surface area contributed by atoms with E-state index in [2.05, 4.69) is 5.32 Å². The first-order valence-electron chi connectivity index (χ1n) is 11.1. The Hall–Kier alpha value is -3.78. The summed E-state index contributed by atoms with van der Waals surface area (Å²) in [5, 5.41) is 2.49. The standard InChI is InChI=1S/C27H28N2O5S/c1-33-26(31)24(17-21-11-5-2-6-12-21)29(20-35-23-15-9-4-10-16-23)25(30)18-28-27(32)34-19-22-13-7-3-8-14-22/h2-16,24H,17-20H2,1H3,(H,28,32)/t24-/m0/s1. The van der Waals surface area contributed by atoms with Gasteiger partial charge in [0, 0.05) is 11.3 Å².